The predicted octanol–water partition coefficient (Wildman–Crippen LogP) is 1.86. The summed E-state index contributed by atoms with van der Waals surface area (Å²) >= 11 is 5.69. The van der Waals surface area contributed by atoms with Crippen LogP contribution in [0.15, 0.2) is 18.2 Å². The van der Waals surface area contributed by atoms with Crippen molar-refractivity contribution in [3.63, 3.8) is 0 Å². The first-order chi connectivity index (χ1) is 11.7. The summed E-state index contributed by atoms with van der Waals surface area (Å²) in [6.45, 7) is 7.06. The summed E-state index contributed by atoms with van der Waals surface area (Å²) in [4.78, 5) is 2.24. The molecule has 9 heteroatoms. The zero-order valence-electron chi connectivity index (χ0n) is 14.3. The molecule has 0 aromatic heterocycles. The molecule has 2 aliphatic rings. The Balaban J connectivity index is 1.94. The van der Waals surface area contributed by atoms with Crippen LogP contribution in [-0.2, 0) is 20.5 Å². The Morgan fingerprint density at radius 1 is 1.36 bits per heavy atom. The van der Waals surface area contributed by atoms with Crippen molar-refractivity contribution in [2.24, 2.45) is 0 Å². The Kier molecular flexibility index (Phi) is 5.18. The number of anilines is 1. The largest absolute Gasteiger partial charge is 0.474 e. The first-order valence-electron chi connectivity index (χ1n) is 8.19. The number of hydrogen-bond acceptors (Lipinski definition) is 5. The molecule has 0 radical (unpaired) electrons. The summed E-state index contributed by atoms with van der Waals surface area (Å²) in [6, 6.07) is 5.13. The molecule has 1 saturated heterocycles. The van der Waals surface area contributed by atoms with Gasteiger partial charge < -0.3 is 9.47 Å². The van der Waals surface area contributed by atoms with E-state index in [1.54, 1.807) is 18.2 Å². The number of nitrogens with zero attached hydrogens (tertiary/aromatic N) is 2. The fourth-order valence-electron chi connectivity index (χ4n) is 3.48. The maximum absolute atomic E-state index is 11.7. The van der Waals surface area contributed by atoms with Gasteiger partial charge in [0.15, 0.2) is 6.23 Å². The molecule has 1 aromatic rings. The highest BCUT2D eigenvalue weighted by atomic mass is 35.5. The van der Waals surface area contributed by atoms with E-state index in [1.165, 1.54) is 0 Å². The lowest BCUT2D eigenvalue weighted by Crippen LogP contribution is -2.52. The van der Waals surface area contributed by atoms with Crippen molar-refractivity contribution < 1.29 is 22.4 Å². The molecule has 1 unspecified atom stereocenters. The quantitative estimate of drug-likeness (QED) is 0.610. The van der Waals surface area contributed by atoms with Gasteiger partial charge in [-0.05, 0) is 18.2 Å². The van der Waals surface area contributed by atoms with Crippen LogP contribution in [-0.4, -0.2) is 62.8 Å². The summed E-state index contributed by atoms with van der Waals surface area (Å²) in [6.07, 6.45) is -0.145. The summed E-state index contributed by atoms with van der Waals surface area (Å²) in [5.74, 6) is 0.805. The molecular formula is C16H23ClN2O5S. The second-order valence-electron chi connectivity index (χ2n) is 6.76. The minimum Gasteiger partial charge on any atom is -0.474 e. The molecular weight excluding hydrogens is 368 g/mol. The van der Waals surface area contributed by atoms with E-state index >= 15 is 0 Å². The normalized spacial score (nSPS) is 23.1. The van der Waals surface area contributed by atoms with Gasteiger partial charge in [0.25, 0.3) is 0 Å². The third kappa shape index (κ3) is 3.59. The van der Waals surface area contributed by atoms with E-state index in [2.05, 4.69) is 18.7 Å². The number of fused-ring (bicyclic) bond motifs is 1. The molecule has 0 amide bonds. The topological polar surface area (TPSA) is 79.3 Å². The fraction of sp³-hybridized carbons (Fsp3) is 0.625. The summed E-state index contributed by atoms with van der Waals surface area (Å²) < 4.78 is 45.3. The number of morpholine rings is 1. The van der Waals surface area contributed by atoms with Gasteiger partial charge in [0.05, 0.1) is 18.9 Å². The fourth-order valence-corrected chi connectivity index (χ4v) is 4.45. The van der Waals surface area contributed by atoms with Gasteiger partial charge >= 0.3 is 10.3 Å². The lowest BCUT2D eigenvalue weighted by molar-refractivity contribution is -0.0612. The number of halogens is 1. The van der Waals surface area contributed by atoms with Crippen molar-refractivity contribution >= 4 is 27.6 Å². The minimum atomic E-state index is -4.39. The molecule has 2 aliphatic heterocycles. The van der Waals surface area contributed by atoms with E-state index in [-0.39, 0.29) is 24.1 Å². The smallest absolute Gasteiger partial charge is 0.360 e. The number of ether oxygens (including phenoxy) is 2. The van der Waals surface area contributed by atoms with Gasteiger partial charge in [-0.1, -0.05) is 13.8 Å². The van der Waals surface area contributed by atoms with Crippen LogP contribution in [0, 0.1) is 0 Å². The molecule has 1 N–H and O–H groups in total. The van der Waals surface area contributed by atoms with Gasteiger partial charge in [0.1, 0.15) is 5.75 Å². The third-order valence-corrected chi connectivity index (χ3v) is 5.86. The molecule has 7 nitrogen and oxygen atoms in total. The van der Waals surface area contributed by atoms with Crippen molar-refractivity contribution in [3.8, 4) is 5.75 Å². The van der Waals surface area contributed by atoms with Crippen LogP contribution in [0.5, 0.6) is 5.75 Å². The Morgan fingerprint density at radius 3 is 2.64 bits per heavy atom. The molecule has 140 valence electrons. The van der Waals surface area contributed by atoms with E-state index in [4.69, 9.17) is 21.1 Å². The Hall–Kier alpha value is -1.06. The van der Waals surface area contributed by atoms with Gasteiger partial charge in [0.2, 0.25) is 0 Å². The van der Waals surface area contributed by atoms with Crippen LogP contribution in [0.3, 0.4) is 0 Å². The molecule has 0 spiro atoms. The van der Waals surface area contributed by atoms with Crippen LogP contribution < -0.4 is 9.04 Å². The van der Waals surface area contributed by atoms with Crippen LogP contribution in [0.1, 0.15) is 19.4 Å². The average Bonchev–Trinajstić information content (AvgIpc) is 2.83. The molecule has 1 aromatic carbocycles. The van der Waals surface area contributed by atoms with Crippen molar-refractivity contribution in [3.05, 3.63) is 23.8 Å². The average molecular weight is 391 g/mol. The molecule has 1 atom stereocenters. The highest BCUT2D eigenvalue weighted by Crippen LogP contribution is 2.45. The van der Waals surface area contributed by atoms with Gasteiger partial charge in [-0.3, -0.25) is 9.45 Å². The molecule has 0 saturated carbocycles. The van der Waals surface area contributed by atoms with Gasteiger partial charge in [0, 0.05) is 36.5 Å². The second kappa shape index (κ2) is 6.92. The Morgan fingerprint density at radius 2 is 2.04 bits per heavy atom. The van der Waals surface area contributed by atoms with E-state index in [0.29, 0.717) is 18.9 Å². The molecule has 0 aliphatic carbocycles. The van der Waals surface area contributed by atoms with Crippen molar-refractivity contribution in [2.75, 3.05) is 43.0 Å². The minimum absolute atomic E-state index is 0.00659. The number of benzene rings is 1. The maximum atomic E-state index is 11.7. The number of hydrogen-bond donors (Lipinski definition) is 1. The van der Waals surface area contributed by atoms with E-state index in [0.717, 1.165) is 28.7 Å². The number of alkyl halides is 1. The SMILES string of the molecule is CC1(C)c2cc(N(CCCl)S(=O)(=O)O)ccc2OC1N1CCOCC1. The standard InChI is InChI=1S/C16H23ClN2O5S/c1-16(2)13-11-12(19(6-5-17)25(20,21)22)3-4-14(13)24-15(16)18-7-9-23-10-8-18/h3-4,11,15H,5-10H2,1-2H3,(H,20,21,22). The van der Waals surface area contributed by atoms with E-state index < -0.39 is 10.3 Å². The number of rotatable bonds is 5. The zero-order chi connectivity index (χ0) is 18.2. The van der Waals surface area contributed by atoms with E-state index in [9.17, 15) is 13.0 Å². The first kappa shape index (κ1) is 18.7. The lowest BCUT2D eigenvalue weighted by atomic mass is 9.83. The zero-order valence-corrected chi connectivity index (χ0v) is 15.9. The van der Waals surface area contributed by atoms with Crippen molar-refractivity contribution in [2.45, 2.75) is 25.5 Å². The van der Waals surface area contributed by atoms with Crippen LogP contribution in [0.4, 0.5) is 5.69 Å². The van der Waals surface area contributed by atoms with Gasteiger partial charge in [-0.25, -0.2) is 4.31 Å². The lowest BCUT2D eigenvalue weighted by Gasteiger charge is -2.38. The Bertz CT molecular complexity index is 734. The molecule has 25 heavy (non-hydrogen) atoms. The maximum Gasteiger partial charge on any atom is 0.360 e. The van der Waals surface area contributed by atoms with Crippen LogP contribution in [0.2, 0.25) is 0 Å². The molecule has 3 rings (SSSR count). The van der Waals surface area contributed by atoms with Crippen LogP contribution >= 0.6 is 11.6 Å². The predicted molar refractivity (Wildman–Crippen MR) is 95.9 cm³/mol. The summed E-state index contributed by atoms with van der Waals surface area (Å²) in [5.41, 5.74) is 0.945. The summed E-state index contributed by atoms with van der Waals surface area (Å²) in [7, 11) is -4.39. The summed E-state index contributed by atoms with van der Waals surface area (Å²) in [5, 5.41) is 0. The molecule has 1 fully saturated rings. The van der Waals surface area contributed by atoms with Crippen molar-refractivity contribution in [1.82, 2.24) is 4.90 Å². The van der Waals surface area contributed by atoms with Crippen molar-refractivity contribution in [1.29, 1.82) is 0 Å². The van der Waals surface area contributed by atoms with Crippen LogP contribution in [0.25, 0.3) is 0 Å². The highest BCUT2D eigenvalue weighted by molar-refractivity contribution is 7.87. The second-order valence-corrected chi connectivity index (χ2v) is 8.47. The van der Waals surface area contributed by atoms with Gasteiger partial charge in [-0.2, -0.15) is 8.42 Å². The highest BCUT2D eigenvalue weighted by Gasteiger charge is 2.45. The monoisotopic (exact) mass is 390 g/mol. The Labute approximate surface area is 153 Å². The third-order valence-electron chi connectivity index (χ3n) is 4.74. The molecule has 0 bridgehead atoms. The van der Waals surface area contributed by atoms with E-state index in [1.807, 2.05) is 0 Å². The first-order valence-corrected chi connectivity index (χ1v) is 10.1. The van der Waals surface area contributed by atoms with Gasteiger partial charge in [-0.15, -0.1) is 11.6 Å². The molecule has 2 heterocycles.